The second-order valence-corrected chi connectivity index (χ2v) is 6.79. The average molecular weight is 404 g/mol. The van der Waals surface area contributed by atoms with Crippen molar-refractivity contribution in [2.45, 2.75) is 19.9 Å². The number of ether oxygens (including phenoxy) is 2. The van der Waals surface area contributed by atoms with E-state index in [1.54, 1.807) is 6.92 Å². The predicted molar refractivity (Wildman–Crippen MR) is 104 cm³/mol. The van der Waals surface area contributed by atoms with Crippen LogP contribution in [0.1, 0.15) is 25.5 Å². The summed E-state index contributed by atoms with van der Waals surface area (Å²) in [6.07, 6.45) is 0. The summed E-state index contributed by atoms with van der Waals surface area (Å²) < 4.78 is 24.1. The van der Waals surface area contributed by atoms with Crippen LogP contribution in [0.4, 0.5) is 9.18 Å². The number of hydrogen-bond donors (Lipinski definition) is 1. The van der Waals surface area contributed by atoms with E-state index in [2.05, 4.69) is 5.32 Å². The molecule has 0 bridgehead atoms. The van der Waals surface area contributed by atoms with Gasteiger partial charge in [-0.1, -0.05) is 0 Å². The highest BCUT2D eigenvalue weighted by Gasteiger charge is 2.38. The lowest BCUT2D eigenvalue weighted by Gasteiger charge is -2.35. The first-order valence-electron chi connectivity index (χ1n) is 8.93. The highest BCUT2D eigenvalue weighted by atomic mass is 32.1. The van der Waals surface area contributed by atoms with E-state index in [9.17, 15) is 14.0 Å². The SMILES string of the molecule is CCOC(=O)C1=C(COc2ccc(F)cc2)N(CC)C(=O)N[C@@H]1c1ccsc1. The van der Waals surface area contributed by atoms with E-state index < -0.39 is 12.0 Å². The minimum atomic E-state index is -0.618. The Morgan fingerprint density at radius 3 is 2.61 bits per heavy atom. The minimum Gasteiger partial charge on any atom is -0.487 e. The second kappa shape index (κ2) is 8.88. The Morgan fingerprint density at radius 2 is 2.00 bits per heavy atom. The molecule has 0 saturated carbocycles. The Hall–Kier alpha value is -2.87. The number of thiophene rings is 1. The first-order chi connectivity index (χ1) is 13.5. The van der Waals surface area contributed by atoms with Crippen LogP contribution in [0.3, 0.4) is 0 Å². The first-order valence-corrected chi connectivity index (χ1v) is 9.88. The van der Waals surface area contributed by atoms with Gasteiger partial charge in [0.25, 0.3) is 0 Å². The van der Waals surface area contributed by atoms with Gasteiger partial charge < -0.3 is 14.8 Å². The normalized spacial score (nSPS) is 16.8. The zero-order valence-electron chi connectivity index (χ0n) is 15.6. The average Bonchev–Trinajstić information content (AvgIpc) is 3.22. The summed E-state index contributed by atoms with van der Waals surface area (Å²) in [4.78, 5) is 26.9. The van der Waals surface area contributed by atoms with Crippen LogP contribution >= 0.6 is 11.3 Å². The Balaban J connectivity index is 2.01. The van der Waals surface area contributed by atoms with Gasteiger partial charge >= 0.3 is 12.0 Å². The van der Waals surface area contributed by atoms with Crippen molar-refractivity contribution in [3.05, 3.63) is 63.7 Å². The number of carbonyl (C=O) groups excluding carboxylic acids is 2. The standard InChI is InChI=1S/C20H21FN2O4S/c1-3-23-16(11-27-15-7-5-14(21)6-8-15)17(19(24)26-4-2)18(22-20(23)25)13-9-10-28-12-13/h5-10,12,18H,3-4,11H2,1-2H3,(H,22,25)/t18-/m1/s1. The molecular weight excluding hydrogens is 383 g/mol. The highest BCUT2D eigenvalue weighted by Crippen LogP contribution is 2.33. The fourth-order valence-electron chi connectivity index (χ4n) is 3.01. The van der Waals surface area contributed by atoms with Crippen molar-refractivity contribution in [1.29, 1.82) is 0 Å². The molecule has 0 fully saturated rings. The molecule has 3 rings (SSSR count). The number of esters is 1. The van der Waals surface area contributed by atoms with E-state index in [1.807, 2.05) is 23.8 Å². The summed E-state index contributed by atoms with van der Waals surface area (Å²) in [7, 11) is 0. The summed E-state index contributed by atoms with van der Waals surface area (Å²) in [5, 5.41) is 6.63. The highest BCUT2D eigenvalue weighted by molar-refractivity contribution is 7.08. The fraction of sp³-hybridized carbons (Fsp3) is 0.300. The Bertz CT molecular complexity index is 865. The maximum Gasteiger partial charge on any atom is 0.338 e. The van der Waals surface area contributed by atoms with Crippen molar-refractivity contribution in [2.75, 3.05) is 19.8 Å². The molecule has 8 heteroatoms. The summed E-state index contributed by atoms with van der Waals surface area (Å²) >= 11 is 1.47. The van der Waals surface area contributed by atoms with E-state index in [0.29, 0.717) is 23.6 Å². The number of carbonyl (C=O) groups is 2. The summed E-state index contributed by atoms with van der Waals surface area (Å²) in [5.41, 5.74) is 1.57. The van der Waals surface area contributed by atoms with Gasteiger partial charge in [-0.3, -0.25) is 4.90 Å². The number of urea groups is 1. The predicted octanol–water partition coefficient (Wildman–Crippen LogP) is 3.87. The number of hydrogen-bond acceptors (Lipinski definition) is 5. The van der Waals surface area contributed by atoms with Crippen LogP contribution in [0.5, 0.6) is 5.75 Å². The third-order valence-electron chi connectivity index (χ3n) is 4.32. The van der Waals surface area contributed by atoms with Crippen molar-refractivity contribution in [2.24, 2.45) is 0 Å². The summed E-state index contributed by atoms with van der Waals surface area (Å²) in [5.74, 6) is -0.440. The van der Waals surface area contributed by atoms with Crippen LogP contribution in [-0.4, -0.2) is 36.7 Å². The van der Waals surface area contributed by atoms with Gasteiger partial charge in [-0.2, -0.15) is 11.3 Å². The van der Waals surface area contributed by atoms with Gasteiger partial charge in [0.15, 0.2) is 0 Å². The maximum atomic E-state index is 13.1. The van der Waals surface area contributed by atoms with Gasteiger partial charge in [0.2, 0.25) is 0 Å². The van der Waals surface area contributed by atoms with E-state index in [-0.39, 0.29) is 25.1 Å². The molecule has 1 aliphatic heterocycles. The molecular formula is C20H21FN2O4S. The van der Waals surface area contributed by atoms with Gasteiger partial charge in [-0.05, 0) is 60.5 Å². The molecule has 1 atom stereocenters. The number of nitrogens with one attached hydrogen (secondary N) is 1. The number of halogens is 1. The molecule has 1 aromatic carbocycles. The molecule has 1 aromatic heterocycles. The van der Waals surface area contributed by atoms with Crippen LogP contribution in [-0.2, 0) is 9.53 Å². The number of rotatable bonds is 7. The van der Waals surface area contributed by atoms with Gasteiger partial charge in [0, 0.05) is 6.54 Å². The number of benzene rings is 1. The Kier molecular flexibility index (Phi) is 6.30. The van der Waals surface area contributed by atoms with Crippen LogP contribution in [0.15, 0.2) is 52.4 Å². The number of amides is 2. The molecule has 1 N–H and O–H groups in total. The van der Waals surface area contributed by atoms with E-state index in [0.717, 1.165) is 5.56 Å². The molecule has 148 valence electrons. The fourth-order valence-corrected chi connectivity index (χ4v) is 3.70. The van der Waals surface area contributed by atoms with Crippen LogP contribution in [0.2, 0.25) is 0 Å². The Labute approximate surface area is 166 Å². The molecule has 0 radical (unpaired) electrons. The Morgan fingerprint density at radius 1 is 1.25 bits per heavy atom. The quantitative estimate of drug-likeness (QED) is 0.712. The summed E-state index contributed by atoms with van der Waals surface area (Å²) in [6.45, 7) is 4.08. The molecule has 28 heavy (non-hydrogen) atoms. The molecule has 0 saturated heterocycles. The first kappa shape index (κ1) is 19.9. The van der Waals surface area contributed by atoms with Gasteiger partial charge in [-0.15, -0.1) is 0 Å². The third kappa shape index (κ3) is 4.17. The molecule has 1 aliphatic rings. The van der Waals surface area contributed by atoms with E-state index in [1.165, 1.54) is 40.5 Å². The second-order valence-electron chi connectivity index (χ2n) is 6.01. The molecule has 2 heterocycles. The van der Waals surface area contributed by atoms with Gasteiger partial charge in [0.05, 0.1) is 23.9 Å². The molecule has 0 unspecified atom stereocenters. The molecule has 2 aromatic rings. The number of nitrogens with zero attached hydrogens (tertiary/aromatic N) is 1. The minimum absolute atomic E-state index is 0.0261. The van der Waals surface area contributed by atoms with Crippen LogP contribution < -0.4 is 10.1 Å². The number of likely N-dealkylation sites (N-methyl/N-ethyl adjacent to an activating group) is 1. The molecule has 6 nitrogen and oxygen atoms in total. The topological polar surface area (TPSA) is 67.9 Å². The van der Waals surface area contributed by atoms with Crippen molar-refractivity contribution in [3.8, 4) is 5.75 Å². The maximum absolute atomic E-state index is 13.1. The van der Waals surface area contributed by atoms with E-state index >= 15 is 0 Å². The summed E-state index contributed by atoms with van der Waals surface area (Å²) in [6, 6.07) is 6.49. The van der Waals surface area contributed by atoms with Crippen molar-refractivity contribution >= 4 is 23.3 Å². The van der Waals surface area contributed by atoms with Crippen LogP contribution in [0.25, 0.3) is 0 Å². The third-order valence-corrected chi connectivity index (χ3v) is 5.02. The smallest absolute Gasteiger partial charge is 0.338 e. The lowest BCUT2D eigenvalue weighted by Crippen LogP contribution is -2.49. The van der Waals surface area contributed by atoms with Gasteiger partial charge in [-0.25, -0.2) is 14.0 Å². The monoisotopic (exact) mass is 404 g/mol. The molecule has 0 spiro atoms. The van der Waals surface area contributed by atoms with Crippen LogP contribution in [0, 0.1) is 5.82 Å². The molecule has 2 amide bonds. The van der Waals surface area contributed by atoms with Crippen molar-refractivity contribution < 1.29 is 23.5 Å². The van der Waals surface area contributed by atoms with E-state index in [4.69, 9.17) is 9.47 Å². The van der Waals surface area contributed by atoms with Crippen molar-refractivity contribution in [3.63, 3.8) is 0 Å². The van der Waals surface area contributed by atoms with Gasteiger partial charge in [0.1, 0.15) is 18.2 Å². The zero-order chi connectivity index (χ0) is 20.1. The lowest BCUT2D eigenvalue weighted by molar-refractivity contribution is -0.139. The molecule has 0 aliphatic carbocycles. The lowest BCUT2D eigenvalue weighted by atomic mass is 9.96. The van der Waals surface area contributed by atoms with Crippen molar-refractivity contribution in [1.82, 2.24) is 10.2 Å². The largest absolute Gasteiger partial charge is 0.487 e. The zero-order valence-corrected chi connectivity index (χ0v) is 16.4.